The van der Waals surface area contributed by atoms with E-state index in [0.29, 0.717) is 18.1 Å². The Hall–Kier alpha value is -3.12. The van der Waals surface area contributed by atoms with Crippen molar-refractivity contribution in [3.8, 4) is 6.07 Å². The van der Waals surface area contributed by atoms with E-state index in [1.807, 2.05) is 31.2 Å². The Balaban J connectivity index is 1.50. The second-order valence-corrected chi connectivity index (χ2v) is 6.45. The number of amides is 1. The van der Waals surface area contributed by atoms with E-state index in [1.54, 1.807) is 17.1 Å². The van der Waals surface area contributed by atoms with Gasteiger partial charge in [-0.15, -0.1) is 0 Å². The minimum atomic E-state index is -0.221. The van der Waals surface area contributed by atoms with Gasteiger partial charge in [-0.2, -0.15) is 15.5 Å². The van der Waals surface area contributed by atoms with Crippen molar-refractivity contribution in [2.24, 2.45) is 5.10 Å². The Morgan fingerprint density at radius 1 is 1.50 bits per heavy atom. The first-order chi connectivity index (χ1) is 12.7. The molecule has 3 aromatic rings. The summed E-state index contributed by atoms with van der Waals surface area (Å²) in [5.74, 6) is -0.0152. The summed E-state index contributed by atoms with van der Waals surface area (Å²) in [5.41, 5.74) is 5.90. The highest BCUT2D eigenvalue weighted by atomic mass is 32.2. The molecule has 1 amide bonds. The van der Waals surface area contributed by atoms with Gasteiger partial charge in [-0.1, -0.05) is 23.9 Å². The smallest absolute Gasteiger partial charge is 0.250 e. The summed E-state index contributed by atoms with van der Waals surface area (Å²) in [6, 6.07) is 9.79. The molecule has 0 saturated heterocycles. The Labute approximate surface area is 154 Å². The van der Waals surface area contributed by atoms with Gasteiger partial charge in [0.05, 0.1) is 47.7 Å². The molecule has 0 unspecified atom stereocenters. The van der Waals surface area contributed by atoms with Crippen LogP contribution in [0.1, 0.15) is 17.7 Å². The number of nitrogens with one attached hydrogen (secondary N) is 2. The summed E-state index contributed by atoms with van der Waals surface area (Å²) >= 11 is 1.32. The van der Waals surface area contributed by atoms with Crippen LogP contribution in [-0.4, -0.2) is 37.6 Å². The largest absolute Gasteiger partial charge is 0.333 e. The van der Waals surface area contributed by atoms with Gasteiger partial charge in [-0.25, -0.2) is 10.4 Å². The number of aromatic amines is 1. The van der Waals surface area contributed by atoms with Crippen molar-refractivity contribution in [2.75, 3.05) is 5.75 Å². The number of aryl methyl sites for hydroxylation is 2. The van der Waals surface area contributed by atoms with Crippen molar-refractivity contribution >= 4 is 34.9 Å². The average molecular weight is 367 g/mol. The molecule has 0 aliphatic heterocycles. The number of thioether (sulfide) groups is 1. The van der Waals surface area contributed by atoms with Crippen LogP contribution in [0.3, 0.4) is 0 Å². The molecular weight excluding hydrogens is 350 g/mol. The number of benzene rings is 1. The molecule has 0 saturated carbocycles. The highest BCUT2D eigenvalue weighted by molar-refractivity contribution is 7.99. The molecule has 8 nitrogen and oxygen atoms in total. The summed E-state index contributed by atoms with van der Waals surface area (Å²) in [6.45, 7) is 2.38. The van der Waals surface area contributed by atoms with Crippen LogP contribution in [0.15, 0.2) is 40.7 Å². The number of aromatic nitrogens is 4. The zero-order chi connectivity index (χ0) is 18.4. The van der Waals surface area contributed by atoms with Crippen molar-refractivity contribution in [2.45, 2.75) is 25.0 Å². The zero-order valence-electron chi connectivity index (χ0n) is 14.1. The Bertz CT molecular complexity index is 950. The number of rotatable bonds is 7. The van der Waals surface area contributed by atoms with E-state index in [4.69, 9.17) is 5.26 Å². The topological polar surface area (TPSA) is 112 Å². The third kappa shape index (κ3) is 4.49. The van der Waals surface area contributed by atoms with Crippen molar-refractivity contribution in [3.63, 3.8) is 0 Å². The monoisotopic (exact) mass is 367 g/mol. The summed E-state index contributed by atoms with van der Waals surface area (Å²) < 4.78 is 1.69. The van der Waals surface area contributed by atoms with Gasteiger partial charge < -0.3 is 4.98 Å². The quantitative estimate of drug-likeness (QED) is 0.378. The van der Waals surface area contributed by atoms with E-state index in [0.717, 1.165) is 22.3 Å². The molecular formula is C17H17N7OS. The zero-order valence-corrected chi connectivity index (χ0v) is 15.0. The maximum atomic E-state index is 11.9. The summed E-state index contributed by atoms with van der Waals surface area (Å²) in [6.07, 6.45) is 3.74. The van der Waals surface area contributed by atoms with Crippen LogP contribution in [0.2, 0.25) is 0 Å². The number of nitrogens with zero attached hydrogens (tertiary/aromatic N) is 5. The van der Waals surface area contributed by atoms with E-state index in [-0.39, 0.29) is 11.7 Å². The van der Waals surface area contributed by atoms with E-state index in [2.05, 4.69) is 31.7 Å². The number of nitriles is 1. The van der Waals surface area contributed by atoms with Gasteiger partial charge in [0, 0.05) is 11.8 Å². The fraction of sp³-hybridized carbons (Fsp3) is 0.235. The number of carbonyl (C=O) groups excluding carboxylic acids is 1. The number of hydrogen-bond acceptors (Lipinski definition) is 6. The molecule has 0 aliphatic rings. The molecule has 0 spiro atoms. The Kier molecular flexibility index (Phi) is 5.66. The first kappa shape index (κ1) is 17.7. The first-order valence-corrected chi connectivity index (χ1v) is 8.94. The van der Waals surface area contributed by atoms with Crippen LogP contribution in [0.4, 0.5) is 0 Å². The minimum Gasteiger partial charge on any atom is -0.333 e. The molecule has 3 rings (SSSR count). The lowest BCUT2D eigenvalue weighted by Gasteiger charge is -1.97. The molecule has 0 radical (unpaired) electrons. The fourth-order valence-electron chi connectivity index (χ4n) is 2.28. The predicted octanol–water partition coefficient (Wildman–Crippen LogP) is 2.22. The van der Waals surface area contributed by atoms with Crippen molar-refractivity contribution in [3.05, 3.63) is 41.7 Å². The lowest BCUT2D eigenvalue weighted by atomic mass is 10.3. The standard InChI is InChI=1S/C17H17N7OS/c1-12-13(10-24(23-12)8-4-7-18)9-19-22-16(25)11-26-17-20-14-5-2-3-6-15(14)21-17/h2-3,5-6,9-10H,4,8,11H2,1H3,(H,20,21)(H,22,25)/b19-9-. The third-order valence-electron chi connectivity index (χ3n) is 3.54. The van der Waals surface area contributed by atoms with Gasteiger partial charge in [0.2, 0.25) is 0 Å². The van der Waals surface area contributed by atoms with Gasteiger partial charge in [0.1, 0.15) is 0 Å². The predicted molar refractivity (Wildman–Crippen MR) is 99.7 cm³/mol. The Morgan fingerprint density at radius 3 is 3.15 bits per heavy atom. The normalized spacial score (nSPS) is 11.1. The lowest BCUT2D eigenvalue weighted by molar-refractivity contribution is -0.118. The van der Waals surface area contributed by atoms with E-state index >= 15 is 0 Å². The first-order valence-electron chi connectivity index (χ1n) is 7.96. The molecule has 132 valence electrons. The van der Waals surface area contributed by atoms with Crippen LogP contribution >= 0.6 is 11.8 Å². The molecule has 0 atom stereocenters. The molecule has 1 aromatic carbocycles. The van der Waals surface area contributed by atoms with E-state index in [9.17, 15) is 4.79 Å². The van der Waals surface area contributed by atoms with Gasteiger partial charge in [-0.05, 0) is 19.1 Å². The van der Waals surface area contributed by atoms with Gasteiger partial charge in [-0.3, -0.25) is 9.48 Å². The molecule has 0 bridgehead atoms. The average Bonchev–Trinajstić information content (AvgIpc) is 3.21. The number of para-hydroxylation sites is 2. The molecule has 2 heterocycles. The van der Waals surface area contributed by atoms with E-state index < -0.39 is 0 Å². The molecule has 26 heavy (non-hydrogen) atoms. The van der Waals surface area contributed by atoms with Crippen LogP contribution in [0.5, 0.6) is 0 Å². The number of imidazole rings is 1. The van der Waals surface area contributed by atoms with Crippen molar-refractivity contribution in [1.29, 1.82) is 5.26 Å². The fourth-order valence-corrected chi connectivity index (χ4v) is 2.95. The van der Waals surface area contributed by atoms with Gasteiger partial charge >= 0.3 is 0 Å². The number of carbonyl (C=O) groups is 1. The minimum absolute atomic E-state index is 0.206. The summed E-state index contributed by atoms with van der Waals surface area (Å²) in [4.78, 5) is 19.5. The highest BCUT2D eigenvalue weighted by Crippen LogP contribution is 2.18. The highest BCUT2D eigenvalue weighted by Gasteiger charge is 2.07. The number of fused-ring (bicyclic) bond motifs is 1. The third-order valence-corrected chi connectivity index (χ3v) is 4.41. The maximum Gasteiger partial charge on any atom is 0.250 e. The Morgan fingerprint density at radius 2 is 2.35 bits per heavy atom. The molecule has 0 fully saturated rings. The van der Waals surface area contributed by atoms with Crippen molar-refractivity contribution in [1.82, 2.24) is 25.2 Å². The van der Waals surface area contributed by atoms with Crippen molar-refractivity contribution < 1.29 is 4.79 Å². The molecule has 2 N–H and O–H groups in total. The van der Waals surface area contributed by atoms with Gasteiger partial charge in [0.25, 0.3) is 5.91 Å². The van der Waals surface area contributed by atoms with E-state index in [1.165, 1.54) is 11.8 Å². The number of hydrogen-bond donors (Lipinski definition) is 2. The number of H-pyrrole nitrogens is 1. The molecule has 0 aliphatic carbocycles. The summed E-state index contributed by atoms with van der Waals surface area (Å²) in [5, 5.41) is 17.6. The second kappa shape index (κ2) is 8.31. The van der Waals surface area contributed by atoms with Gasteiger partial charge in [0.15, 0.2) is 5.16 Å². The number of hydrazone groups is 1. The van der Waals surface area contributed by atoms with Crippen LogP contribution in [0, 0.1) is 18.3 Å². The SMILES string of the molecule is Cc1nn(CCC#N)cc1/C=N\NC(=O)CSc1nc2ccccc2[nH]1. The maximum absolute atomic E-state index is 11.9. The molecule has 9 heteroatoms. The van der Waals surface area contributed by atoms with Crippen LogP contribution in [-0.2, 0) is 11.3 Å². The van der Waals surface area contributed by atoms with Crippen LogP contribution in [0.25, 0.3) is 11.0 Å². The molecule has 2 aromatic heterocycles. The lowest BCUT2D eigenvalue weighted by Crippen LogP contribution is -2.19. The second-order valence-electron chi connectivity index (χ2n) is 5.48. The van der Waals surface area contributed by atoms with Crippen LogP contribution < -0.4 is 5.43 Å². The summed E-state index contributed by atoms with van der Waals surface area (Å²) in [7, 11) is 0.